The van der Waals surface area contributed by atoms with E-state index in [4.69, 9.17) is 36.3 Å². The zero-order valence-electron chi connectivity index (χ0n) is 21.1. The van der Waals surface area contributed by atoms with Crippen molar-refractivity contribution in [2.75, 3.05) is 26.1 Å². The molecule has 1 aromatic heterocycles. The molecule has 0 amide bonds. The van der Waals surface area contributed by atoms with Gasteiger partial charge in [-0.25, -0.2) is 4.98 Å². The molecule has 2 fully saturated rings. The number of aliphatic imine (C=N–C) groups is 1. The van der Waals surface area contributed by atoms with E-state index in [1.54, 1.807) is 13.3 Å². The summed E-state index contributed by atoms with van der Waals surface area (Å²) in [4.78, 5) is 9.89. The fourth-order valence-electron chi connectivity index (χ4n) is 5.72. The lowest BCUT2D eigenvalue weighted by Gasteiger charge is -2.23. The highest BCUT2D eigenvalue weighted by Gasteiger charge is 2.40. The number of nitrogens with two attached hydrogens (primary N) is 2. The summed E-state index contributed by atoms with van der Waals surface area (Å²) in [5.74, 6) is 0.661. The molecule has 3 atom stereocenters. The van der Waals surface area contributed by atoms with Gasteiger partial charge in [0.1, 0.15) is 0 Å². The molecule has 0 bridgehead atoms. The van der Waals surface area contributed by atoms with Gasteiger partial charge in [0.25, 0.3) is 0 Å². The number of nitrogens with zero attached hydrogens (tertiary/aromatic N) is 2. The molecule has 7 nitrogen and oxygen atoms in total. The van der Waals surface area contributed by atoms with Crippen molar-refractivity contribution >= 4 is 34.6 Å². The third-order valence-corrected chi connectivity index (χ3v) is 7.43. The highest BCUT2D eigenvalue weighted by atomic mass is 16.5. The molecule has 1 saturated heterocycles. The molecule has 2 aromatic rings. The summed E-state index contributed by atoms with van der Waals surface area (Å²) in [6, 6.07) is 4.01. The van der Waals surface area contributed by atoms with Crippen LogP contribution in [0.2, 0.25) is 0 Å². The van der Waals surface area contributed by atoms with Gasteiger partial charge < -0.3 is 26.4 Å². The van der Waals surface area contributed by atoms with Crippen molar-refractivity contribution in [1.82, 2.24) is 4.98 Å². The van der Waals surface area contributed by atoms with E-state index in [1.807, 2.05) is 18.3 Å². The van der Waals surface area contributed by atoms with Crippen LogP contribution in [0.1, 0.15) is 67.8 Å². The Balaban J connectivity index is 0.000000527. The molecule has 35 heavy (non-hydrogen) atoms. The van der Waals surface area contributed by atoms with E-state index in [0.717, 1.165) is 85.9 Å². The second kappa shape index (κ2) is 11.8. The minimum Gasteiger partial charge on any atom is -0.404 e. The zero-order valence-corrected chi connectivity index (χ0v) is 21.1. The van der Waals surface area contributed by atoms with E-state index in [1.165, 1.54) is 23.8 Å². The Labute approximate surface area is 208 Å². The van der Waals surface area contributed by atoms with Gasteiger partial charge in [0.2, 0.25) is 0 Å². The molecule has 5 N–H and O–H groups in total. The number of ether oxygens (including phenoxy) is 2. The van der Waals surface area contributed by atoms with Gasteiger partial charge in [-0.1, -0.05) is 6.92 Å². The van der Waals surface area contributed by atoms with E-state index in [-0.39, 0.29) is 12.1 Å². The number of rotatable bonds is 6. The van der Waals surface area contributed by atoms with Crippen LogP contribution in [0, 0.1) is 11.3 Å². The predicted molar refractivity (Wildman–Crippen MR) is 144 cm³/mol. The highest BCUT2D eigenvalue weighted by molar-refractivity contribution is 6.11. The van der Waals surface area contributed by atoms with Crippen molar-refractivity contribution in [3.63, 3.8) is 0 Å². The maximum atomic E-state index is 7.88. The van der Waals surface area contributed by atoms with E-state index in [9.17, 15) is 0 Å². The number of hydrogen-bond acceptors (Lipinski definition) is 7. The monoisotopic (exact) mass is 477 g/mol. The first kappa shape index (κ1) is 25.3. The largest absolute Gasteiger partial charge is 0.404 e. The van der Waals surface area contributed by atoms with Crippen molar-refractivity contribution in [2.24, 2.45) is 16.6 Å². The van der Waals surface area contributed by atoms with Crippen molar-refractivity contribution in [3.8, 4) is 0 Å². The second-order valence-corrected chi connectivity index (χ2v) is 9.65. The zero-order chi connectivity index (χ0) is 24.8. The molecule has 1 saturated carbocycles. The summed E-state index contributed by atoms with van der Waals surface area (Å²) in [5.41, 5.74) is 18.8. The van der Waals surface area contributed by atoms with E-state index >= 15 is 0 Å². The normalized spacial score (nSPS) is 23.7. The molecular formula is C28H39N5O2. The van der Waals surface area contributed by atoms with Gasteiger partial charge in [-0.15, -0.1) is 0 Å². The average Bonchev–Trinajstić information content (AvgIpc) is 3.50. The third kappa shape index (κ3) is 5.26. The topological polar surface area (TPSA) is 120 Å². The Morgan fingerprint density at radius 3 is 2.71 bits per heavy atom. The molecule has 188 valence electrons. The first-order valence-corrected chi connectivity index (χ1v) is 12.9. The maximum Gasteiger partial charge on any atom is 0.0827 e. The lowest BCUT2D eigenvalue weighted by Crippen LogP contribution is -2.21. The number of pyridine rings is 1. The van der Waals surface area contributed by atoms with Crippen LogP contribution in [0.5, 0.6) is 0 Å². The average molecular weight is 478 g/mol. The number of fused-ring (bicyclic) bond motifs is 4. The first-order valence-electron chi connectivity index (χ1n) is 12.9. The smallest absolute Gasteiger partial charge is 0.0827 e. The van der Waals surface area contributed by atoms with Gasteiger partial charge in [0.05, 0.1) is 23.4 Å². The van der Waals surface area contributed by atoms with Gasteiger partial charge in [-0.2, -0.15) is 0 Å². The van der Waals surface area contributed by atoms with Crippen LogP contribution < -0.4 is 11.5 Å². The van der Waals surface area contributed by atoms with Crippen molar-refractivity contribution in [3.05, 3.63) is 40.7 Å². The summed E-state index contributed by atoms with van der Waals surface area (Å²) in [6.07, 6.45) is 13.9. The number of aromatic nitrogens is 1. The number of allylic oxidation sites excluding steroid dienone is 1. The Kier molecular flexibility index (Phi) is 8.52. The minimum atomic E-state index is 0.216. The summed E-state index contributed by atoms with van der Waals surface area (Å²) >= 11 is 0. The number of nitrogen functional groups attached to an aromatic ring is 1. The van der Waals surface area contributed by atoms with Crippen molar-refractivity contribution in [2.45, 2.75) is 70.4 Å². The third-order valence-electron chi connectivity index (χ3n) is 7.43. The summed E-state index contributed by atoms with van der Waals surface area (Å²) in [6.45, 7) is 3.84. The summed E-state index contributed by atoms with van der Waals surface area (Å²) < 4.78 is 10.6. The van der Waals surface area contributed by atoms with E-state index in [2.05, 4.69) is 6.92 Å². The number of methoxy groups -OCH3 is 1. The van der Waals surface area contributed by atoms with Crippen LogP contribution in [0.15, 0.2) is 23.3 Å². The number of anilines is 1. The van der Waals surface area contributed by atoms with Crippen LogP contribution in [0.25, 0.3) is 16.5 Å². The van der Waals surface area contributed by atoms with Crippen molar-refractivity contribution in [1.29, 1.82) is 5.41 Å². The van der Waals surface area contributed by atoms with Gasteiger partial charge in [-0.3, -0.25) is 4.99 Å². The highest BCUT2D eigenvalue weighted by Crippen LogP contribution is 2.38. The first-order chi connectivity index (χ1) is 17.1. The molecule has 1 aromatic carbocycles. The number of hydrogen-bond donors (Lipinski definition) is 3. The number of aryl methyl sites for hydroxylation is 1. The standard InChI is InChI=1S/C24H29N5O.C4H10O/c25-11-15(13-28-21-7-5-14-9-10-30-24(14)21)23-17-4-2-1-3-16(17)22-18(12-26)19(27)6-8-20(22)29-23;1-3-4-5-2/h6,8,11-14,21,24,26H,1-5,7,9-10,25,27H2;3-4H2,1-2H3/b15-11+,26-12?,28-13?;/t14?,21-,24-;/m1./s1. The maximum absolute atomic E-state index is 7.88. The molecule has 1 aliphatic heterocycles. The molecule has 7 heteroatoms. The van der Waals surface area contributed by atoms with Gasteiger partial charge in [-0.05, 0) is 80.5 Å². The summed E-state index contributed by atoms with van der Waals surface area (Å²) in [5, 5.41) is 8.90. The fraction of sp³-hybridized carbons (Fsp3) is 0.536. The van der Waals surface area contributed by atoms with Crippen LogP contribution in [0.4, 0.5) is 5.69 Å². The van der Waals surface area contributed by atoms with Crippen LogP contribution >= 0.6 is 0 Å². The fourth-order valence-corrected chi connectivity index (χ4v) is 5.72. The number of nitrogens with one attached hydrogen (secondary N) is 1. The molecule has 2 heterocycles. The van der Waals surface area contributed by atoms with Crippen LogP contribution in [0.3, 0.4) is 0 Å². The predicted octanol–water partition coefficient (Wildman–Crippen LogP) is 4.67. The van der Waals surface area contributed by atoms with Gasteiger partial charge >= 0.3 is 0 Å². The Morgan fingerprint density at radius 2 is 2.03 bits per heavy atom. The van der Waals surface area contributed by atoms with Crippen LogP contribution in [-0.4, -0.2) is 49.9 Å². The quantitative estimate of drug-likeness (QED) is 0.412. The Hall–Kier alpha value is -2.77. The minimum absolute atomic E-state index is 0.216. The molecule has 0 radical (unpaired) electrons. The molecule has 2 aliphatic carbocycles. The number of benzene rings is 1. The Morgan fingerprint density at radius 1 is 1.23 bits per heavy atom. The molecule has 3 aliphatic rings. The van der Waals surface area contributed by atoms with Gasteiger partial charge in [0, 0.05) is 61.2 Å². The Bertz CT molecular complexity index is 1110. The molecular weight excluding hydrogens is 438 g/mol. The second-order valence-electron chi connectivity index (χ2n) is 9.65. The SMILES string of the molecule is CCCOC.N=Cc1c(N)ccc2nc(/C(C=N[C@@H]3CCC4CCO[C@H]43)=C/N)c3c(c12)CCCC3. The van der Waals surface area contributed by atoms with Crippen molar-refractivity contribution < 1.29 is 9.47 Å². The van der Waals surface area contributed by atoms with E-state index < -0.39 is 0 Å². The lowest BCUT2D eigenvalue weighted by atomic mass is 9.85. The van der Waals surface area contributed by atoms with E-state index in [0.29, 0.717) is 11.6 Å². The molecule has 1 unspecified atom stereocenters. The lowest BCUT2D eigenvalue weighted by molar-refractivity contribution is 0.0908. The molecule has 5 rings (SSSR count). The van der Waals surface area contributed by atoms with Crippen LogP contribution in [-0.2, 0) is 22.3 Å². The van der Waals surface area contributed by atoms with Gasteiger partial charge in [0.15, 0.2) is 0 Å². The molecule has 0 spiro atoms. The summed E-state index contributed by atoms with van der Waals surface area (Å²) in [7, 11) is 1.71.